The highest BCUT2D eigenvalue weighted by Crippen LogP contribution is 2.23. The van der Waals surface area contributed by atoms with Gasteiger partial charge >= 0.3 is 0 Å². The molecule has 0 radical (unpaired) electrons. The van der Waals surface area contributed by atoms with Crippen molar-refractivity contribution in [2.75, 3.05) is 24.7 Å². The highest BCUT2D eigenvalue weighted by Gasteiger charge is 2.16. The molecule has 3 aromatic rings. The number of pyridine rings is 1. The quantitative estimate of drug-likeness (QED) is 0.341. The molecule has 9 heteroatoms. The Morgan fingerprint density at radius 1 is 0.875 bits per heavy atom. The molecule has 0 atom stereocenters. The van der Waals surface area contributed by atoms with Crippen LogP contribution in [0, 0.1) is 5.41 Å². The third kappa shape index (κ3) is 6.06. The number of hydrogen-bond donors (Lipinski definition) is 3. The number of nitrogens with zero attached hydrogens (tertiary/aromatic N) is 2. The van der Waals surface area contributed by atoms with Crippen LogP contribution in [-0.4, -0.2) is 41.6 Å². The molecule has 166 valence electrons. The van der Waals surface area contributed by atoms with Crippen molar-refractivity contribution in [3.8, 4) is 0 Å². The lowest BCUT2D eigenvalue weighted by molar-refractivity contribution is 0.102. The number of hydrogen-bond acceptors (Lipinski definition) is 4. The normalized spacial score (nSPS) is 10.0. The predicted octanol–water partition coefficient (Wildman–Crippen LogP) is 5.42. The summed E-state index contributed by atoms with van der Waals surface area (Å²) in [6, 6.07) is 14.4. The van der Waals surface area contributed by atoms with Crippen LogP contribution >= 0.6 is 23.2 Å². The minimum Gasteiger partial charge on any atom is -0.363 e. The van der Waals surface area contributed by atoms with Gasteiger partial charge in [-0.1, -0.05) is 42.8 Å². The van der Waals surface area contributed by atoms with Gasteiger partial charge in [-0.2, -0.15) is 0 Å². The van der Waals surface area contributed by atoms with Gasteiger partial charge in [0.1, 0.15) is 11.7 Å². The molecule has 0 fully saturated rings. The number of carbonyl (C=O) groups is 2. The molecule has 32 heavy (non-hydrogen) atoms. The second-order valence-electron chi connectivity index (χ2n) is 6.78. The van der Waals surface area contributed by atoms with Gasteiger partial charge in [-0.3, -0.25) is 15.0 Å². The fraction of sp³-hybridized carbons (Fsp3) is 0.130. The first-order chi connectivity index (χ1) is 14.7. The van der Waals surface area contributed by atoms with Crippen LogP contribution in [0.1, 0.15) is 33.7 Å². The molecule has 0 saturated heterocycles. The van der Waals surface area contributed by atoms with Crippen LogP contribution in [0.25, 0.3) is 0 Å². The Bertz CT molecular complexity index is 1130. The van der Waals surface area contributed by atoms with Crippen LogP contribution in [0.2, 0.25) is 10.0 Å². The van der Waals surface area contributed by atoms with Crippen molar-refractivity contribution in [3.63, 3.8) is 0 Å². The average Bonchev–Trinajstić information content (AvgIpc) is 2.76. The van der Waals surface area contributed by atoms with E-state index in [1.807, 2.05) is 0 Å². The van der Waals surface area contributed by atoms with E-state index in [-0.39, 0.29) is 13.0 Å². The van der Waals surface area contributed by atoms with Crippen molar-refractivity contribution in [1.29, 1.82) is 5.41 Å². The maximum Gasteiger partial charge on any atom is 0.258 e. The van der Waals surface area contributed by atoms with Gasteiger partial charge in [0, 0.05) is 36.4 Å². The summed E-state index contributed by atoms with van der Waals surface area (Å²) in [7, 11) is 3.55. The first-order valence-electron chi connectivity index (χ1n) is 9.14. The van der Waals surface area contributed by atoms with Crippen molar-refractivity contribution in [2.24, 2.45) is 0 Å². The van der Waals surface area contributed by atoms with Crippen molar-refractivity contribution < 1.29 is 9.59 Å². The van der Waals surface area contributed by atoms with Crippen molar-refractivity contribution in [2.45, 2.75) is 7.43 Å². The molecule has 3 N–H and O–H groups in total. The monoisotopic (exact) mass is 471 g/mol. The van der Waals surface area contributed by atoms with Gasteiger partial charge in [-0.05, 0) is 42.5 Å². The highest BCUT2D eigenvalue weighted by molar-refractivity contribution is 6.31. The van der Waals surface area contributed by atoms with E-state index in [1.165, 1.54) is 12.3 Å². The number of anilines is 2. The average molecular weight is 472 g/mol. The second kappa shape index (κ2) is 10.7. The van der Waals surface area contributed by atoms with E-state index in [2.05, 4.69) is 15.6 Å². The molecule has 0 bridgehead atoms. The molecule has 0 aliphatic heterocycles. The Kier molecular flexibility index (Phi) is 8.34. The number of aromatic nitrogens is 1. The number of benzene rings is 2. The van der Waals surface area contributed by atoms with Gasteiger partial charge in [0.15, 0.2) is 0 Å². The zero-order valence-electron chi connectivity index (χ0n) is 16.7. The fourth-order valence-corrected chi connectivity index (χ4v) is 2.96. The zero-order valence-corrected chi connectivity index (χ0v) is 18.3. The molecule has 1 aromatic heterocycles. The smallest absolute Gasteiger partial charge is 0.258 e. The number of halogens is 2. The van der Waals surface area contributed by atoms with Gasteiger partial charge in [0.05, 0.1) is 16.3 Å². The number of carbonyl (C=O) groups excluding carboxylic acids is 2. The van der Waals surface area contributed by atoms with Crippen LogP contribution in [0.5, 0.6) is 0 Å². The largest absolute Gasteiger partial charge is 0.363 e. The van der Waals surface area contributed by atoms with Crippen LogP contribution in [-0.2, 0) is 0 Å². The summed E-state index contributed by atoms with van der Waals surface area (Å²) in [6.07, 6.45) is 1.41. The summed E-state index contributed by atoms with van der Waals surface area (Å²) >= 11 is 11.9. The second-order valence-corrected chi connectivity index (χ2v) is 7.65. The maximum atomic E-state index is 12.8. The summed E-state index contributed by atoms with van der Waals surface area (Å²) in [4.78, 5) is 31.2. The molecule has 7 nitrogen and oxygen atoms in total. The van der Waals surface area contributed by atoms with Crippen molar-refractivity contribution >= 4 is 52.4 Å². The Morgan fingerprint density at radius 2 is 1.50 bits per heavy atom. The molecule has 0 spiro atoms. The lowest BCUT2D eigenvalue weighted by atomic mass is 10.1. The number of amides is 2. The summed E-state index contributed by atoms with van der Waals surface area (Å²) in [6.45, 7) is 0. The number of rotatable bonds is 5. The molecule has 2 amide bonds. The molecule has 2 aromatic carbocycles. The molecule has 0 unspecified atom stereocenters. The van der Waals surface area contributed by atoms with E-state index in [4.69, 9.17) is 28.6 Å². The van der Waals surface area contributed by atoms with E-state index in [0.29, 0.717) is 38.5 Å². The minimum atomic E-state index is -0.484. The van der Waals surface area contributed by atoms with Crippen LogP contribution in [0.3, 0.4) is 0 Å². The fourth-order valence-electron chi connectivity index (χ4n) is 2.68. The van der Waals surface area contributed by atoms with Crippen LogP contribution in [0.15, 0.2) is 60.8 Å². The van der Waals surface area contributed by atoms with E-state index >= 15 is 0 Å². The first kappa shape index (κ1) is 24.8. The molecular weight excluding hydrogens is 449 g/mol. The number of amidine groups is 1. The lowest BCUT2D eigenvalue weighted by Crippen LogP contribution is -2.22. The Hall–Kier alpha value is -3.42. The lowest BCUT2D eigenvalue weighted by Gasteiger charge is -2.14. The Balaban J connectivity index is 0.00000363. The Labute approximate surface area is 196 Å². The van der Waals surface area contributed by atoms with Gasteiger partial charge in [-0.15, -0.1) is 0 Å². The third-order valence-corrected chi connectivity index (χ3v) is 4.77. The van der Waals surface area contributed by atoms with E-state index in [1.54, 1.807) is 67.5 Å². The molecule has 0 saturated carbocycles. The molecule has 0 aliphatic rings. The molecule has 1 heterocycles. The topological polar surface area (TPSA) is 98.2 Å². The van der Waals surface area contributed by atoms with Gasteiger partial charge in [0.25, 0.3) is 11.8 Å². The van der Waals surface area contributed by atoms with Gasteiger partial charge in [-0.25, -0.2) is 4.98 Å². The summed E-state index contributed by atoms with van der Waals surface area (Å²) < 4.78 is 0. The minimum absolute atomic E-state index is 0. The number of nitrogens with one attached hydrogen (secondary N) is 3. The zero-order chi connectivity index (χ0) is 22.5. The van der Waals surface area contributed by atoms with Crippen LogP contribution in [0.4, 0.5) is 11.5 Å². The predicted molar refractivity (Wildman–Crippen MR) is 130 cm³/mol. The highest BCUT2D eigenvalue weighted by atomic mass is 35.5. The van der Waals surface area contributed by atoms with Crippen molar-refractivity contribution in [1.82, 2.24) is 9.88 Å². The maximum absolute atomic E-state index is 12.8. The first-order valence-corrected chi connectivity index (χ1v) is 9.90. The standard InChI is InChI=1S/C22H19Cl2N5O2.CH4/c1-29(2)20(25)13-3-5-14(6-4-13)21(30)27-18-9-7-15(23)11-17(18)22(31)28-19-10-8-16(24)12-26-19;/h3-12,25H,1-2H3,(H,27,30)(H,26,28,31);1H4. The van der Waals surface area contributed by atoms with Crippen molar-refractivity contribution in [3.05, 3.63) is 87.5 Å². The molecule has 0 aliphatic carbocycles. The van der Waals surface area contributed by atoms with E-state index in [9.17, 15) is 9.59 Å². The van der Waals surface area contributed by atoms with Gasteiger partial charge in [0.2, 0.25) is 0 Å². The SMILES string of the molecule is C.CN(C)C(=N)c1ccc(C(=O)Nc2ccc(Cl)cc2C(=O)Nc2ccc(Cl)cn2)cc1. The van der Waals surface area contributed by atoms with E-state index < -0.39 is 11.8 Å². The van der Waals surface area contributed by atoms with Crippen LogP contribution < -0.4 is 10.6 Å². The summed E-state index contributed by atoms with van der Waals surface area (Å²) in [5, 5.41) is 14.2. The third-order valence-electron chi connectivity index (χ3n) is 4.31. The summed E-state index contributed by atoms with van der Waals surface area (Å²) in [5.74, 6) is -0.240. The Morgan fingerprint density at radius 3 is 2.09 bits per heavy atom. The summed E-state index contributed by atoms with van der Waals surface area (Å²) in [5.41, 5.74) is 1.55. The van der Waals surface area contributed by atoms with E-state index in [0.717, 1.165) is 0 Å². The molecular formula is C23H23Cl2N5O2. The molecule has 3 rings (SSSR count). The van der Waals surface area contributed by atoms with Gasteiger partial charge < -0.3 is 15.5 Å².